The Labute approximate surface area is 189 Å². The summed E-state index contributed by atoms with van der Waals surface area (Å²) in [6.07, 6.45) is 3.87. The van der Waals surface area contributed by atoms with Gasteiger partial charge in [-0.15, -0.1) is 0 Å². The lowest BCUT2D eigenvalue weighted by molar-refractivity contribution is -0.385. The fourth-order valence-electron chi connectivity index (χ4n) is 2.91. The maximum absolute atomic E-state index is 12.4. The number of nitrogens with one attached hydrogen (secondary N) is 1. The third-order valence-electron chi connectivity index (χ3n) is 4.35. The lowest BCUT2D eigenvalue weighted by Gasteiger charge is -2.12. The average Bonchev–Trinajstić information content (AvgIpc) is 3.20. The first-order chi connectivity index (χ1) is 15.9. The number of allylic oxidation sites excluding steroid dienone is 1. The molecule has 10 heteroatoms. The second-order valence-electron chi connectivity index (χ2n) is 6.83. The van der Waals surface area contributed by atoms with Gasteiger partial charge in [-0.25, -0.2) is 0 Å². The largest absolute Gasteiger partial charge is 0.490 e. The zero-order valence-electron chi connectivity index (χ0n) is 18.1. The van der Waals surface area contributed by atoms with Crippen LogP contribution in [0.3, 0.4) is 0 Å². The molecule has 0 atom stereocenters. The molecule has 1 N–H and O–H groups in total. The van der Waals surface area contributed by atoms with Crippen LogP contribution in [0.4, 0.5) is 11.4 Å². The molecule has 1 aromatic heterocycles. The van der Waals surface area contributed by atoms with Gasteiger partial charge in [0.05, 0.1) is 11.5 Å². The second-order valence-corrected chi connectivity index (χ2v) is 6.83. The summed E-state index contributed by atoms with van der Waals surface area (Å²) < 4.78 is 12.4. The first-order valence-corrected chi connectivity index (χ1v) is 10.0. The molecule has 1 amide bonds. The SMILES string of the molecule is CCOc1cc(/C=C/C(=O)c2nn(C)cc2[N+](=O)[O-])ccc1OCC(=O)Nc1ccccc1. The number of aromatic nitrogens is 2. The molecule has 0 saturated heterocycles. The van der Waals surface area contributed by atoms with Crippen molar-refractivity contribution in [3.63, 3.8) is 0 Å². The van der Waals surface area contributed by atoms with Crippen LogP contribution in [-0.2, 0) is 11.8 Å². The molecule has 10 nitrogen and oxygen atoms in total. The van der Waals surface area contributed by atoms with Crippen LogP contribution in [-0.4, -0.2) is 39.6 Å². The van der Waals surface area contributed by atoms with Gasteiger partial charge >= 0.3 is 5.69 Å². The summed E-state index contributed by atoms with van der Waals surface area (Å²) in [6.45, 7) is 1.95. The number of carbonyl (C=O) groups excluding carboxylic acids is 2. The molecular weight excluding hydrogens is 428 g/mol. The van der Waals surface area contributed by atoms with Crippen molar-refractivity contribution in [1.82, 2.24) is 9.78 Å². The summed E-state index contributed by atoms with van der Waals surface area (Å²) in [5.41, 5.74) is 0.661. The van der Waals surface area contributed by atoms with Gasteiger partial charge in [-0.05, 0) is 42.8 Å². The van der Waals surface area contributed by atoms with E-state index in [0.717, 1.165) is 0 Å². The number of hydrogen-bond donors (Lipinski definition) is 1. The van der Waals surface area contributed by atoms with Crippen molar-refractivity contribution in [3.05, 3.63) is 82.2 Å². The summed E-state index contributed by atoms with van der Waals surface area (Å²) in [5.74, 6) is -0.166. The maximum Gasteiger partial charge on any atom is 0.318 e. The van der Waals surface area contributed by atoms with Crippen LogP contribution in [0.1, 0.15) is 23.0 Å². The van der Waals surface area contributed by atoms with Gasteiger partial charge in [0, 0.05) is 12.7 Å². The van der Waals surface area contributed by atoms with E-state index >= 15 is 0 Å². The van der Waals surface area contributed by atoms with E-state index in [4.69, 9.17) is 9.47 Å². The molecule has 0 bridgehead atoms. The van der Waals surface area contributed by atoms with Gasteiger partial charge in [-0.2, -0.15) is 5.10 Å². The molecular formula is C23H22N4O6. The zero-order chi connectivity index (χ0) is 23.8. The van der Waals surface area contributed by atoms with Crippen LogP contribution in [0.15, 0.2) is 60.8 Å². The Bertz CT molecular complexity index is 1190. The van der Waals surface area contributed by atoms with E-state index in [1.54, 1.807) is 37.3 Å². The Balaban J connectivity index is 1.69. The van der Waals surface area contributed by atoms with E-state index in [1.165, 1.54) is 30.1 Å². The fraction of sp³-hybridized carbons (Fsp3) is 0.174. The molecule has 0 radical (unpaired) electrons. The van der Waals surface area contributed by atoms with E-state index in [9.17, 15) is 19.7 Å². The van der Waals surface area contributed by atoms with E-state index in [0.29, 0.717) is 29.4 Å². The highest BCUT2D eigenvalue weighted by molar-refractivity contribution is 6.08. The summed E-state index contributed by atoms with van der Waals surface area (Å²) >= 11 is 0. The Morgan fingerprint density at radius 3 is 2.61 bits per heavy atom. The van der Waals surface area contributed by atoms with Crippen LogP contribution < -0.4 is 14.8 Å². The van der Waals surface area contributed by atoms with Crippen LogP contribution in [0.2, 0.25) is 0 Å². The highest BCUT2D eigenvalue weighted by Gasteiger charge is 2.23. The van der Waals surface area contributed by atoms with Crippen LogP contribution in [0, 0.1) is 10.1 Å². The number of amides is 1. The monoisotopic (exact) mass is 450 g/mol. The van der Waals surface area contributed by atoms with E-state index in [1.807, 2.05) is 18.2 Å². The van der Waals surface area contributed by atoms with Crippen LogP contribution >= 0.6 is 0 Å². The lowest BCUT2D eigenvalue weighted by Crippen LogP contribution is -2.20. The Hall–Kier alpha value is -4.47. The number of nitrogens with zero attached hydrogens (tertiary/aromatic N) is 3. The Kier molecular flexibility index (Phi) is 7.53. The number of carbonyl (C=O) groups is 2. The minimum Gasteiger partial charge on any atom is -0.490 e. The van der Waals surface area contributed by atoms with Crippen molar-refractivity contribution in [2.75, 3.05) is 18.5 Å². The number of para-hydroxylation sites is 1. The quantitative estimate of drug-likeness (QED) is 0.216. The number of aryl methyl sites for hydroxylation is 1. The van der Waals surface area contributed by atoms with Gasteiger partial charge in [0.15, 0.2) is 18.1 Å². The number of benzene rings is 2. The lowest BCUT2D eigenvalue weighted by atomic mass is 10.1. The van der Waals surface area contributed by atoms with Crippen molar-refractivity contribution in [2.24, 2.45) is 7.05 Å². The molecule has 33 heavy (non-hydrogen) atoms. The summed E-state index contributed by atoms with van der Waals surface area (Å²) in [7, 11) is 1.50. The third kappa shape index (κ3) is 6.26. The molecule has 0 aliphatic rings. The highest BCUT2D eigenvalue weighted by Crippen LogP contribution is 2.29. The predicted octanol–water partition coefficient (Wildman–Crippen LogP) is 3.64. The second kappa shape index (κ2) is 10.7. The molecule has 2 aromatic carbocycles. The van der Waals surface area contributed by atoms with Crippen LogP contribution in [0.25, 0.3) is 6.08 Å². The van der Waals surface area contributed by atoms with Gasteiger partial charge < -0.3 is 14.8 Å². The number of hydrogen-bond acceptors (Lipinski definition) is 7. The minimum absolute atomic E-state index is 0.216. The summed E-state index contributed by atoms with van der Waals surface area (Å²) in [4.78, 5) is 35.0. The average molecular weight is 450 g/mol. The molecule has 0 fully saturated rings. The number of anilines is 1. The first-order valence-electron chi connectivity index (χ1n) is 10.0. The maximum atomic E-state index is 12.4. The van der Waals surface area contributed by atoms with Gasteiger partial charge in [0.1, 0.15) is 6.20 Å². The molecule has 0 aliphatic carbocycles. The predicted molar refractivity (Wildman–Crippen MR) is 121 cm³/mol. The Morgan fingerprint density at radius 1 is 1.15 bits per heavy atom. The van der Waals surface area contributed by atoms with Gasteiger partial charge in [-0.1, -0.05) is 30.3 Å². The van der Waals surface area contributed by atoms with Crippen LogP contribution in [0.5, 0.6) is 11.5 Å². The van der Waals surface area contributed by atoms with Gasteiger partial charge in [0.25, 0.3) is 5.91 Å². The first kappa shape index (κ1) is 23.2. The normalized spacial score (nSPS) is 10.7. The third-order valence-corrected chi connectivity index (χ3v) is 4.35. The van der Waals surface area contributed by atoms with E-state index in [2.05, 4.69) is 10.4 Å². The van der Waals surface area contributed by atoms with E-state index < -0.39 is 10.7 Å². The topological polar surface area (TPSA) is 126 Å². The molecule has 3 rings (SSSR count). The molecule has 3 aromatic rings. The molecule has 0 aliphatic heterocycles. The van der Waals surface area contributed by atoms with Gasteiger partial charge in [0.2, 0.25) is 11.5 Å². The summed E-state index contributed by atoms with van der Waals surface area (Å²) in [6, 6.07) is 13.9. The van der Waals surface area contributed by atoms with Crippen molar-refractivity contribution in [1.29, 1.82) is 0 Å². The Morgan fingerprint density at radius 2 is 1.91 bits per heavy atom. The fourth-order valence-corrected chi connectivity index (χ4v) is 2.91. The number of nitro groups is 1. The smallest absolute Gasteiger partial charge is 0.318 e. The number of ether oxygens (including phenoxy) is 2. The minimum atomic E-state index is -0.651. The summed E-state index contributed by atoms with van der Waals surface area (Å²) in [5, 5.41) is 17.7. The van der Waals surface area contributed by atoms with Crippen molar-refractivity contribution < 1.29 is 24.0 Å². The highest BCUT2D eigenvalue weighted by atomic mass is 16.6. The van der Waals surface area contributed by atoms with Gasteiger partial charge in [-0.3, -0.25) is 24.4 Å². The molecule has 0 spiro atoms. The number of rotatable bonds is 10. The molecule has 0 saturated carbocycles. The van der Waals surface area contributed by atoms with Crippen molar-refractivity contribution in [3.8, 4) is 11.5 Å². The molecule has 170 valence electrons. The number of ketones is 1. The molecule has 0 unspecified atom stereocenters. The van der Waals surface area contributed by atoms with E-state index in [-0.39, 0.29) is 23.9 Å². The van der Waals surface area contributed by atoms with Crippen molar-refractivity contribution >= 4 is 29.1 Å². The standard InChI is InChI=1S/C23H22N4O6/c1-3-32-21-13-16(9-11-19(28)23-18(27(30)31)14-26(2)25-23)10-12-20(21)33-15-22(29)24-17-7-5-4-6-8-17/h4-14H,3,15H2,1-2H3,(H,24,29)/b11-9+. The van der Waals surface area contributed by atoms with Crippen molar-refractivity contribution in [2.45, 2.75) is 6.92 Å². The molecule has 1 heterocycles. The zero-order valence-corrected chi connectivity index (χ0v) is 18.1.